The van der Waals surface area contributed by atoms with E-state index in [1.54, 1.807) is 6.08 Å². The standard InChI is InChI=1S/C26H21I/c1-5-6-7-24-17(2)23-13-11-21(16-25(23)26(24,3)4)18-8-9-20-15-22(27)12-10-19(20)14-18/h1,6-16H,2-4H3/b7-6-. The van der Waals surface area contributed by atoms with Gasteiger partial charge in [0.1, 0.15) is 0 Å². The zero-order chi connectivity index (χ0) is 19.2. The lowest BCUT2D eigenvalue weighted by Crippen LogP contribution is -2.16. The zero-order valence-electron chi connectivity index (χ0n) is 15.8. The molecule has 3 aromatic carbocycles. The van der Waals surface area contributed by atoms with Gasteiger partial charge in [0.2, 0.25) is 0 Å². The van der Waals surface area contributed by atoms with Crippen LogP contribution in [-0.4, -0.2) is 0 Å². The zero-order valence-corrected chi connectivity index (χ0v) is 18.0. The van der Waals surface area contributed by atoms with Crippen molar-refractivity contribution in [3.05, 3.63) is 87.0 Å². The Hall–Kier alpha value is -2.31. The molecule has 0 N–H and O–H groups in total. The molecule has 0 bridgehead atoms. The highest BCUT2D eigenvalue weighted by Crippen LogP contribution is 2.47. The predicted molar refractivity (Wildman–Crippen MR) is 126 cm³/mol. The van der Waals surface area contributed by atoms with Gasteiger partial charge >= 0.3 is 0 Å². The molecule has 0 radical (unpaired) electrons. The quantitative estimate of drug-likeness (QED) is 0.277. The summed E-state index contributed by atoms with van der Waals surface area (Å²) in [6.45, 7) is 6.76. The first-order chi connectivity index (χ1) is 12.9. The average molecular weight is 460 g/mol. The van der Waals surface area contributed by atoms with Gasteiger partial charge in [-0.1, -0.05) is 50.1 Å². The van der Waals surface area contributed by atoms with Crippen LogP contribution in [0.3, 0.4) is 0 Å². The van der Waals surface area contributed by atoms with Gasteiger partial charge in [-0.3, -0.25) is 0 Å². The Labute approximate surface area is 175 Å². The molecule has 0 saturated heterocycles. The van der Waals surface area contributed by atoms with E-state index in [4.69, 9.17) is 6.42 Å². The number of hydrogen-bond acceptors (Lipinski definition) is 0. The molecule has 0 aliphatic heterocycles. The topological polar surface area (TPSA) is 0 Å². The van der Waals surface area contributed by atoms with Crippen LogP contribution in [0.25, 0.3) is 27.5 Å². The van der Waals surface area contributed by atoms with Gasteiger partial charge in [0, 0.05) is 8.99 Å². The van der Waals surface area contributed by atoms with E-state index in [0.717, 1.165) is 0 Å². The number of hydrogen-bond donors (Lipinski definition) is 0. The largest absolute Gasteiger partial charge is 0.115 e. The van der Waals surface area contributed by atoms with Crippen LogP contribution in [0.5, 0.6) is 0 Å². The van der Waals surface area contributed by atoms with Crippen molar-refractivity contribution in [1.82, 2.24) is 0 Å². The van der Waals surface area contributed by atoms with Crippen molar-refractivity contribution in [3.8, 4) is 23.5 Å². The lowest BCUT2D eigenvalue weighted by atomic mass is 9.80. The number of rotatable bonds is 2. The molecule has 1 aliphatic carbocycles. The SMILES string of the molecule is C#C/C=C\C1=C(C)c2ccc(-c3ccc4cc(I)ccc4c3)cc2C1(C)C. The second-order valence-corrected chi connectivity index (χ2v) is 8.88. The van der Waals surface area contributed by atoms with Crippen molar-refractivity contribution in [2.45, 2.75) is 26.2 Å². The summed E-state index contributed by atoms with van der Waals surface area (Å²) in [5, 5.41) is 2.56. The molecule has 0 fully saturated rings. The third kappa shape index (κ3) is 3.03. The van der Waals surface area contributed by atoms with Crippen molar-refractivity contribution >= 4 is 38.9 Å². The Morgan fingerprint density at radius 2 is 1.59 bits per heavy atom. The van der Waals surface area contributed by atoms with Crippen LogP contribution in [0, 0.1) is 15.9 Å². The fourth-order valence-electron chi connectivity index (χ4n) is 4.19. The highest BCUT2D eigenvalue weighted by Gasteiger charge is 2.34. The Morgan fingerprint density at radius 3 is 2.37 bits per heavy atom. The maximum absolute atomic E-state index is 5.44. The summed E-state index contributed by atoms with van der Waals surface area (Å²) in [6, 6.07) is 20.2. The van der Waals surface area contributed by atoms with Crippen molar-refractivity contribution in [2.75, 3.05) is 0 Å². The monoisotopic (exact) mass is 460 g/mol. The summed E-state index contributed by atoms with van der Waals surface area (Å²) in [7, 11) is 0. The van der Waals surface area contributed by atoms with E-state index in [0.29, 0.717) is 0 Å². The average Bonchev–Trinajstić information content (AvgIpc) is 2.85. The van der Waals surface area contributed by atoms with Gasteiger partial charge in [-0.25, -0.2) is 0 Å². The summed E-state index contributed by atoms with van der Waals surface area (Å²) >= 11 is 2.36. The van der Waals surface area contributed by atoms with E-state index in [9.17, 15) is 0 Å². The molecule has 0 aromatic heterocycles. The highest BCUT2D eigenvalue weighted by atomic mass is 127. The van der Waals surface area contributed by atoms with Crippen molar-refractivity contribution in [1.29, 1.82) is 0 Å². The van der Waals surface area contributed by atoms with E-state index >= 15 is 0 Å². The Kier molecular flexibility index (Phi) is 4.48. The van der Waals surface area contributed by atoms with Gasteiger partial charge in [0.05, 0.1) is 0 Å². The van der Waals surface area contributed by atoms with Gasteiger partial charge in [-0.15, -0.1) is 6.42 Å². The lowest BCUT2D eigenvalue weighted by molar-refractivity contribution is 0.654. The first kappa shape index (κ1) is 18.1. The molecule has 0 saturated carbocycles. The number of fused-ring (bicyclic) bond motifs is 2. The molecule has 0 spiro atoms. The van der Waals surface area contributed by atoms with Gasteiger partial charge in [-0.05, 0) is 110 Å². The van der Waals surface area contributed by atoms with Crippen LogP contribution >= 0.6 is 22.6 Å². The maximum Gasteiger partial charge on any atom is 0.0155 e. The first-order valence-electron chi connectivity index (χ1n) is 9.10. The minimum absolute atomic E-state index is 0.0459. The summed E-state index contributed by atoms with van der Waals surface area (Å²) in [5.41, 5.74) is 7.80. The third-order valence-corrected chi connectivity index (χ3v) is 6.33. The lowest BCUT2D eigenvalue weighted by Gasteiger charge is -2.23. The number of allylic oxidation sites excluding steroid dienone is 4. The van der Waals surface area contributed by atoms with E-state index in [-0.39, 0.29) is 5.41 Å². The summed E-state index contributed by atoms with van der Waals surface area (Å²) in [5.74, 6) is 2.62. The maximum atomic E-state index is 5.44. The van der Waals surface area contributed by atoms with Crippen LogP contribution in [0.1, 0.15) is 31.9 Å². The highest BCUT2D eigenvalue weighted by molar-refractivity contribution is 14.1. The van der Waals surface area contributed by atoms with E-state index in [1.807, 2.05) is 0 Å². The summed E-state index contributed by atoms with van der Waals surface area (Å²) < 4.78 is 1.27. The Bertz CT molecular complexity index is 1170. The Balaban J connectivity index is 1.82. The van der Waals surface area contributed by atoms with Crippen molar-refractivity contribution < 1.29 is 0 Å². The number of halogens is 1. The second kappa shape index (κ2) is 6.69. The normalized spacial score (nSPS) is 15.4. The number of benzene rings is 3. The molecule has 0 unspecified atom stereocenters. The molecular formula is C26H21I. The molecule has 3 aromatic rings. The molecule has 132 valence electrons. The molecule has 0 amide bonds. The van der Waals surface area contributed by atoms with E-state index < -0.39 is 0 Å². The molecule has 1 heteroatoms. The van der Waals surface area contributed by atoms with Gasteiger partial charge in [-0.2, -0.15) is 0 Å². The number of terminal acetylenes is 1. The predicted octanol–water partition coefficient (Wildman–Crippen LogP) is 7.37. The molecule has 0 heterocycles. The van der Waals surface area contributed by atoms with Crippen LogP contribution in [0.2, 0.25) is 0 Å². The fraction of sp³-hybridized carbons (Fsp3) is 0.154. The second-order valence-electron chi connectivity index (χ2n) is 7.63. The summed E-state index contributed by atoms with van der Waals surface area (Å²) in [4.78, 5) is 0. The first-order valence-corrected chi connectivity index (χ1v) is 10.2. The van der Waals surface area contributed by atoms with E-state index in [2.05, 4.69) is 110 Å². The van der Waals surface area contributed by atoms with Crippen molar-refractivity contribution in [3.63, 3.8) is 0 Å². The van der Waals surface area contributed by atoms with Gasteiger partial charge < -0.3 is 0 Å². The molecule has 1 aliphatic rings. The van der Waals surface area contributed by atoms with Gasteiger partial charge in [0.25, 0.3) is 0 Å². The third-order valence-electron chi connectivity index (χ3n) is 5.66. The van der Waals surface area contributed by atoms with E-state index in [1.165, 1.54) is 47.7 Å². The fourth-order valence-corrected chi connectivity index (χ4v) is 4.70. The van der Waals surface area contributed by atoms with Crippen LogP contribution in [0.4, 0.5) is 0 Å². The van der Waals surface area contributed by atoms with Crippen molar-refractivity contribution in [2.24, 2.45) is 0 Å². The molecular weight excluding hydrogens is 439 g/mol. The van der Waals surface area contributed by atoms with Crippen LogP contribution in [-0.2, 0) is 5.41 Å². The molecule has 0 atom stereocenters. The molecule has 0 nitrogen and oxygen atoms in total. The molecule has 4 rings (SSSR count). The molecule has 27 heavy (non-hydrogen) atoms. The smallest absolute Gasteiger partial charge is 0.0155 e. The van der Waals surface area contributed by atoms with Crippen LogP contribution < -0.4 is 0 Å². The summed E-state index contributed by atoms with van der Waals surface area (Å²) in [6.07, 6.45) is 9.33. The minimum Gasteiger partial charge on any atom is -0.115 e. The van der Waals surface area contributed by atoms with Crippen LogP contribution in [0.15, 0.2) is 72.3 Å². The van der Waals surface area contributed by atoms with Gasteiger partial charge in [0.15, 0.2) is 0 Å². The minimum atomic E-state index is -0.0459. The Morgan fingerprint density at radius 1 is 0.926 bits per heavy atom.